The number of amides is 2. The van der Waals surface area contributed by atoms with Crippen LogP contribution in [-0.4, -0.2) is 16.9 Å². The van der Waals surface area contributed by atoms with E-state index in [4.69, 9.17) is 4.28 Å². The minimum absolute atomic E-state index is 0.149. The van der Waals surface area contributed by atoms with Gasteiger partial charge in [0, 0.05) is 10.9 Å². The predicted octanol–water partition coefficient (Wildman–Crippen LogP) is 4.94. The highest BCUT2D eigenvalue weighted by Crippen LogP contribution is 2.35. The van der Waals surface area contributed by atoms with Crippen LogP contribution < -0.4 is 0 Å². The summed E-state index contributed by atoms with van der Waals surface area (Å²) >= 11 is -0.157. The monoisotopic (exact) mass is 407 g/mol. The molecule has 0 bridgehead atoms. The molecule has 0 aliphatic carbocycles. The van der Waals surface area contributed by atoms with E-state index in [1.807, 2.05) is 0 Å². The van der Waals surface area contributed by atoms with E-state index in [1.54, 1.807) is 24.3 Å². The molecule has 0 fully saturated rings. The Hall–Kier alpha value is -2.91. The normalized spacial score (nSPS) is 13.5. The molecule has 28 heavy (non-hydrogen) atoms. The van der Waals surface area contributed by atoms with Gasteiger partial charge in [-0.3, -0.25) is 9.59 Å². The Bertz CT molecular complexity index is 1100. The summed E-state index contributed by atoms with van der Waals surface area (Å²) in [6.07, 6.45) is 0. The zero-order valence-electron chi connectivity index (χ0n) is 14.1. The lowest BCUT2D eigenvalue weighted by Gasteiger charge is -2.25. The first kappa shape index (κ1) is 18.5. The Kier molecular flexibility index (Phi) is 4.35. The van der Waals surface area contributed by atoms with E-state index >= 15 is 0 Å². The van der Waals surface area contributed by atoms with Crippen molar-refractivity contribution >= 4 is 34.6 Å². The van der Waals surface area contributed by atoms with E-state index in [9.17, 15) is 27.2 Å². The first-order valence-electron chi connectivity index (χ1n) is 7.90. The summed E-state index contributed by atoms with van der Waals surface area (Å²) < 4.78 is 60.3. The van der Waals surface area contributed by atoms with Crippen LogP contribution in [0.5, 0.6) is 0 Å². The number of hydrogen-bond donors (Lipinski definition) is 0. The van der Waals surface area contributed by atoms with Crippen molar-refractivity contribution in [2.75, 3.05) is 0 Å². The van der Waals surface area contributed by atoms with Gasteiger partial charge in [0.1, 0.15) is 4.90 Å². The third-order valence-electron chi connectivity index (χ3n) is 4.37. The molecule has 0 atom stereocenters. The first-order valence-corrected chi connectivity index (χ1v) is 8.64. The van der Waals surface area contributed by atoms with Crippen molar-refractivity contribution in [2.45, 2.75) is 11.8 Å². The second-order valence-corrected chi connectivity index (χ2v) is 6.71. The molecule has 3 aromatic rings. The van der Waals surface area contributed by atoms with Crippen LogP contribution in [0.1, 0.15) is 26.3 Å². The van der Waals surface area contributed by atoms with Crippen molar-refractivity contribution in [2.24, 2.45) is 0 Å². The summed E-state index contributed by atoms with van der Waals surface area (Å²) in [5.74, 6) is -8.26. The fourth-order valence-electron chi connectivity index (χ4n) is 2.95. The topological polar surface area (TPSA) is 46.6 Å². The lowest BCUT2D eigenvalue weighted by molar-refractivity contribution is -0.00774. The van der Waals surface area contributed by atoms with E-state index in [-0.39, 0.29) is 23.2 Å². The van der Waals surface area contributed by atoms with Gasteiger partial charge in [0.05, 0.1) is 23.2 Å². The second kappa shape index (κ2) is 6.61. The average Bonchev–Trinajstić information content (AvgIpc) is 2.71. The first-order chi connectivity index (χ1) is 13.3. The minimum atomic E-state index is -1.68. The molecule has 0 aromatic heterocycles. The molecule has 1 aliphatic rings. The van der Waals surface area contributed by atoms with Crippen LogP contribution in [0.4, 0.5) is 17.6 Å². The molecule has 9 heteroatoms. The molecule has 0 N–H and O–H groups in total. The maximum absolute atomic E-state index is 14.0. The minimum Gasteiger partial charge on any atom is -0.266 e. The van der Waals surface area contributed by atoms with Gasteiger partial charge < -0.3 is 0 Å². The number of rotatable bonds is 3. The van der Waals surface area contributed by atoms with Gasteiger partial charge in [-0.25, -0.2) is 17.6 Å². The molecule has 0 saturated carbocycles. The molecule has 142 valence electrons. The SMILES string of the molecule is Cc1c(F)c(F)c(SON2C(=O)c3cccc4cccc(c34)C2=O)c(F)c1F. The standard InChI is InChI=1S/C19H9F4NO3S/c1-8-13(20)15(22)17(16(23)14(8)21)28-27-24-18(25)10-6-2-4-9-5-3-7-11(12(9)10)19(24)26/h2-7H,1H3. The highest BCUT2D eigenvalue weighted by atomic mass is 32.2. The van der Waals surface area contributed by atoms with Crippen LogP contribution in [0, 0.1) is 30.2 Å². The van der Waals surface area contributed by atoms with Gasteiger partial charge in [-0.1, -0.05) is 24.3 Å². The number of carbonyl (C=O) groups excluding carboxylic acids is 2. The van der Waals surface area contributed by atoms with Crippen molar-refractivity contribution in [3.05, 3.63) is 76.4 Å². The summed E-state index contributed by atoms with van der Waals surface area (Å²) in [7, 11) is 0. The third-order valence-corrected chi connectivity index (χ3v) is 5.12. The van der Waals surface area contributed by atoms with Crippen molar-refractivity contribution in [1.82, 2.24) is 5.06 Å². The molecule has 1 heterocycles. The maximum Gasteiger partial charge on any atom is 0.286 e. The molecule has 0 saturated heterocycles. The van der Waals surface area contributed by atoms with Gasteiger partial charge in [0.15, 0.2) is 23.3 Å². The quantitative estimate of drug-likeness (QED) is 0.267. The Labute approximate surface area is 159 Å². The van der Waals surface area contributed by atoms with Crippen molar-refractivity contribution in [1.29, 1.82) is 0 Å². The number of hydroxylamine groups is 2. The Morgan fingerprint density at radius 1 is 0.821 bits per heavy atom. The van der Waals surface area contributed by atoms with Crippen LogP contribution in [0.2, 0.25) is 0 Å². The number of nitrogens with zero attached hydrogens (tertiary/aromatic N) is 1. The van der Waals surface area contributed by atoms with Crippen LogP contribution in [0.3, 0.4) is 0 Å². The summed E-state index contributed by atoms with van der Waals surface area (Å²) in [6.45, 7) is 0.876. The summed E-state index contributed by atoms with van der Waals surface area (Å²) in [5, 5.41) is 1.38. The molecule has 0 unspecified atom stereocenters. The van der Waals surface area contributed by atoms with Crippen LogP contribution in [0.25, 0.3) is 10.8 Å². The zero-order chi connectivity index (χ0) is 20.2. The Morgan fingerprint density at radius 3 is 1.82 bits per heavy atom. The summed E-state index contributed by atoms with van der Waals surface area (Å²) in [6, 6.07) is 9.57. The lowest BCUT2D eigenvalue weighted by Crippen LogP contribution is -2.38. The molecule has 0 spiro atoms. The van der Waals surface area contributed by atoms with E-state index in [0.717, 1.165) is 6.92 Å². The molecular weight excluding hydrogens is 398 g/mol. The number of halogens is 4. The maximum atomic E-state index is 14.0. The molecule has 3 aromatic carbocycles. The molecule has 1 aliphatic heterocycles. The zero-order valence-corrected chi connectivity index (χ0v) is 14.9. The number of imide groups is 1. The third kappa shape index (κ3) is 2.58. The van der Waals surface area contributed by atoms with E-state index < -0.39 is 45.5 Å². The molecule has 4 nitrogen and oxygen atoms in total. The average molecular weight is 407 g/mol. The molecule has 2 amide bonds. The molecular formula is C19H9F4NO3S. The lowest BCUT2D eigenvalue weighted by atomic mass is 9.95. The van der Waals surface area contributed by atoms with Gasteiger partial charge in [0.25, 0.3) is 11.8 Å². The van der Waals surface area contributed by atoms with Crippen molar-refractivity contribution < 1.29 is 31.4 Å². The van der Waals surface area contributed by atoms with E-state index in [0.29, 0.717) is 15.8 Å². The van der Waals surface area contributed by atoms with Gasteiger partial charge >= 0.3 is 0 Å². The number of carbonyl (C=O) groups is 2. The van der Waals surface area contributed by atoms with E-state index in [1.165, 1.54) is 12.1 Å². The predicted molar refractivity (Wildman–Crippen MR) is 92.4 cm³/mol. The van der Waals surface area contributed by atoms with Crippen LogP contribution in [0.15, 0.2) is 41.3 Å². The van der Waals surface area contributed by atoms with Gasteiger partial charge in [0.2, 0.25) is 0 Å². The second-order valence-electron chi connectivity index (χ2n) is 5.98. The Morgan fingerprint density at radius 2 is 1.32 bits per heavy atom. The Balaban J connectivity index is 1.72. The van der Waals surface area contributed by atoms with Gasteiger partial charge in [-0.05, 0) is 24.4 Å². The smallest absolute Gasteiger partial charge is 0.266 e. The molecule has 0 radical (unpaired) electrons. The summed E-state index contributed by atoms with van der Waals surface area (Å²) in [4.78, 5) is 24.1. The number of benzene rings is 3. The fourth-order valence-corrected chi connectivity index (χ4v) is 3.56. The highest BCUT2D eigenvalue weighted by molar-refractivity contribution is 7.94. The van der Waals surface area contributed by atoms with Crippen molar-refractivity contribution in [3.63, 3.8) is 0 Å². The summed E-state index contributed by atoms with van der Waals surface area (Å²) in [5.41, 5.74) is -0.531. The van der Waals surface area contributed by atoms with Gasteiger partial charge in [-0.15, -0.1) is 5.06 Å². The highest BCUT2D eigenvalue weighted by Gasteiger charge is 2.35. The number of hydrogen-bond acceptors (Lipinski definition) is 4. The van der Waals surface area contributed by atoms with Crippen LogP contribution in [-0.2, 0) is 4.28 Å². The van der Waals surface area contributed by atoms with Crippen molar-refractivity contribution in [3.8, 4) is 0 Å². The fraction of sp³-hybridized carbons (Fsp3) is 0.0526. The largest absolute Gasteiger partial charge is 0.286 e. The van der Waals surface area contributed by atoms with E-state index in [2.05, 4.69) is 0 Å². The molecule has 4 rings (SSSR count). The van der Waals surface area contributed by atoms with Gasteiger partial charge in [-0.2, -0.15) is 4.28 Å². The van der Waals surface area contributed by atoms with Crippen LogP contribution >= 0.6 is 12.0 Å².